The van der Waals surface area contributed by atoms with Crippen molar-refractivity contribution < 1.29 is 9.90 Å². The SMILES string of the molecule is C[C@H](O)CN1CCN(C(=O)Nc2cccnn2)CC1. The van der Waals surface area contributed by atoms with Gasteiger partial charge in [-0.2, -0.15) is 5.10 Å². The van der Waals surface area contributed by atoms with Crippen molar-refractivity contribution in [2.45, 2.75) is 13.0 Å². The lowest BCUT2D eigenvalue weighted by Crippen LogP contribution is -2.51. The number of β-amino-alcohol motifs (C(OH)–C–C–N with tert-alkyl or cyclic N) is 1. The van der Waals surface area contributed by atoms with Crippen molar-refractivity contribution in [3.8, 4) is 0 Å². The van der Waals surface area contributed by atoms with E-state index in [0.717, 1.165) is 13.1 Å². The van der Waals surface area contributed by atoms with Crippen LogP contribution in [0.2, 0.25) is 0 Å². The molecule has 0 radical (unpaired) electrons. The lowest BCUT2D eigenvalue weighted by atomic mass is 10.3. The number of nitrogens with one attached hydrogen (secondary N) is 1. The van der Waals surface area contributed by atoms with Crippen LogP contribution in [-0.2, 0) is 0 Å². The van der Waals surface area contributed by atoms with Gasteiger partial charge in [0.2, 0.25) is 0 Å². The molecule has 2 amide bonds. The van der Waals surface area contributed by atoms with Gasteiger partial charge in [0.15, 0.2) is 5.82 Å². The predicted molar refractivity (Wildman–Crippen MR) is 70.7 cm³/mol. The first-order valence-corrected chi connectivity index (χ1v) is 6.39. The number of aromatic nitrogens is 2. The smallest absolute Gasteiger partial charge is 0.323 e. The molecule has 1 fully saturated rings. The van der Waals surface area contributed by atoms with Crippen LogP contribution in [0.25, 0.3) is 0 Å². The van der Waals surface area contributed by atoms with Gasteiger partial charge in [-0.05, 0) is 19.1 Å². The van der Waals surface area contributed by atoms with Gasteiger partial charge in [-0.15, -0.1) is 5.10 Å². The number of piperazine rings is 1. The van der Waals surface area contributed by atoms with Crippen LogP contribution >= 0.6 is 0 Å². The number of rotatable bonds is 3. The van der Waals surface area contributed by atoms with Crippen LogP contribution in [0.4, 0.5) is 10.6 Å². The number of hydrogen-bond donors (Lipinski definition) is 2. The Labute approximate surface area is 112 Å². The zero-order valence-corrected chi connectivity index (χ0v) is 11.0. The molecule has 0 spiro atoms. The highest BCUT2D eigenvalue weighted by atomic mass is 16.3. The van der Waals surface area contributed by atoms with E-state index in [4.69, 9.17) is 0 Å². The monoisotopic (exact) mass is 265 g/mol. The molecule has 0 saturated carbocycles. The quantitative estimate of drug-likeness (QED) is 0.804. The van der Waals surface area contributed by atoms with E-state index >= 15 is 0 Å². The highest BCUT2D eigenvalue weighted by Gasteiger charge is 2.21. The van der Waals surface area contributed by atoms with Crippen molar-refractivity contribution in [2.24, 2.45) is 0 Å². The number of hydrogen-bond acceptors (Lipinski definition) is 5. The van der Waals surface area contributed by atoms with Crippen molar-refractivity contribution in [1.82, 2.24) is 20.0 Å². The van der Waals surface area contributed by atoms with E-state index in [1.807, 2.05) is 0 Å². The summed E-state index contributed by atoms with van der Waals surface area (Å²) < 4.78 is 0. The summed E-state index contributed by atoms with van der Waals surface area (Å²) in [5.41, 5.74) is 0. The van der Waals surface area contributed by atoms with Crippen LogP contribution in [0.15, 0.2) is 18.3 Å². The van der Waals surface area contributed by atoms with Gasteiger partial charge in [-0.25, -0.2) is 4.79 Å². The number of anilines is 1. The van der Waals surface area contributed by atoms with Crippen molar-refractivity contribution in [1.29, 1.82) is 0 Å². The van der Waals surface area contributed by atoms with Crippen LogP contribution < -0.4 is 5.32 Å². The number of carbonyl (C=O) groups excluding carboxylic acids is 1. The molecule has 0 bridgehead atoms. The van der Waals surface area contributed by atoms with E-state index in [9.17, 15) is 9.90 Å². The molecule has 1 aromatic heterocycles. The fourth-order valence-corrected chi connectivity index (χ4v) is 2.06. The van der Waals surface area contributed by atoms with E-state index in [0.29, 0.717) is 25.5 Å². The van der Waals surface area contributed by atoms with Gasteiger partial charge in [0, 0.05) is 38.9 Å². The largest absolute Gasteiger partial charge is 0.392 e. The molecule has 1 aliphatic rings. The van der Waals surface area contributed by atoms with Gasteiger partial charge in [0.25, 0.3) is 0 Å². The van der Waals surface area contributed by atoms with Crippen LogP contribution in [0.3, 0.4) is 0 Å². The molecule has 0 unspecified atom stereocenters. The maximum atomic E-state index is 12.0. The fraction of sp³-hybridized carbons (Fsp3) is 0.583. The summed E-state index contributed by atoms with van der Waals surface area (Å²) in [6, 6.07) is 3.27. The second-order valence-corrected chi connectivity index (χ2v) is 4.68. The first-order chi connectivity index (χ1) is 9.15. The molecular weight excluding hydrogens is 246 g/mol. The average molecular weight is 265 g/mol. The molecule has 2 heterocycles. The van der Waals surface area contributed by atoms with Crippen molar-refractivity contribution >= 4 is 11.8 Å². The number of carbonyl (C=O) groups is 1. The van der Waals surface area contributed by atoms with E-state index in [2.05, 4.69) is 20.4 Å². The summed E-state index contributed by atoms with van der Waals surface area (Å²) in [4.78, 5) is 15.9. The minimum atomic E-state index is -0.333. The Morgan fingerprint density at radius 2 is 2.21 bits per heavy atom. The minimum Gasteiger partial charge on any atom is -0.392 e. The highest BCUT2D eigenvalue weighted by molar-refractivity contribution is 5.88. The molecule has 0 aromatic carbocycles. The Balaban J connectivity index is 1.79. The molecule has 7 nitrogen and oxygen atoms in total. The maximum absolute atomic E-state index is 12.0. The lowest BCUT2D eigenvalue weighted by molar-refractivity contribution is 0.0924. The molecule has 7 heteroatoms. The lowest BCUT2D eigenvalue weighted by Gasteiger charge is -2.35. The number of urea groups is 1. The highest BCUT2D eigenvalue weighted by Crippen LogP contribution is 2.06. The average Bonchev–Trinajstić information content (AvgIpc) is 2.40. The molecule has 0 aliphatic carbocycles. The zero-order valence-electron chi connectivity index (χ0n) is 11.0. The van der Waals surface area contributed by atoms with Gasteiger partial charge in [0.1, 0.15) is 0 Å². The summed E-state index contributed by atoms with van der Waals surface area (Å²) in [6.07, 6.45) is 1.23. The zero-order chi connectivity index (χ0) is 13.7. The first-order valence-electron chi connectivity index (χ1n) is 6.39. The number of amides is 2. The van der Waals surface area contributed by atoms with Crippen molar-refractivity contribution in [2.75, 3.05) is 38.0 Å². The third-order valence-corrected chi connectivity index (χ3v) is 2.99. The summed E-state index contributed by atoms with van der Waals surface area (Å²) in [5, 5.41) is 19.6. The Morgan fingerprint density at radius 3 is 2.79 bits per heavy atom. The molecule has 1 aliphatic heterocycles. The molecular formula is C12H19N5O2. The number of nitrogens with zero attached hydrogens (tertiary/aromatic N) is 4. The van der Waals surface area contributed by atoms with E-state index in [1.165, 1.54) is 0 Å². The molecule has 104 valence electrons. The molecule has 1 saturated heterocycles. The molecule has 2 rings (SSSR count). The third-order valence-electron chi connectivity index (χ3n) is 2.99. The van der Waals surface area contributed by atoms with Gasteiger partial charge in [-0.3, -0.25) is 10.2 Å². The van der Waals surface area contributed by atoms with Gasteiger partial charge < -0.3 is 10.0 Å². The first kappa shape index (κ1) is 13.7. The number of aliphatic hydroxyl groups excluding tert-OH is 1. The topological polar surface area (TPSA) is 81.6 Å². The minimum absolute atomic E-state index is 0.155. The van der Waals surface area contributed by atoms with E-state index < -0.39 is 0 Å². The van der Waals surface area contributed by atoms with Gasteiger partial charge >= 0.3 is 6.03 Å². The Bertz CT molecular complexity index is 404. The predicted octanol–water partition coefficient (Wildman–Crippen LogP) is 0.00690. The fourth-order valence-electron chi connectivity index (χ4n) is 2.06. The van der Waals surface area contributed by atoms with E-state index in [1.54, 1.807) is 30.2 Å². The summed E-state index contributed by atoms with van der Waals surface area (Å²) in [7, 11) is 0. The summed E-state index contributed by atoms with van der Waals surface area (Å²) in [6.45, 7) is 5.28. The molecule has 2 N–H and O–H groups in total. The normalized spacial score (nSPS) is 18.1. The van der Waals surface area contributed by atoms with Crippen molar-refractivity contribution in [3.05, 3.63) is 18.3 Å². The van der Waals surface area contributed by atoms with Gasteiger partial charge in [0.05, 0.1) is 6.10 Å². The molecule has 19 heavy (non-hydrogen) atoms. The van der Waals surface area contributed by atoms with Crippen LogP contribution in [-0.4, -0.2) is 70.0 Å². The second kappa shape index (κ2) is 6.44. The van der Waals surface area contributed by atoms with E-state index in [-0.39, 0.29) is 12.1 Å². The third kappa shape index (κ3) is 4.15. The van der Waals surface area contributed by atoms with Crippen molar-refractivity contribution in [3.63, 3.8) is 0 Å². The Kier molecular flexibility index (Phi) is 4.64. The molecule has 1 aromatic rings. The van der Waals surface area contributed by atoms with Crippen LogP contribution in [0, 0.1) is 0 Å². The maximum Gasteiger partial charge on any atom is 0.323 e. The summed E-state index contributed by atoms with van der Waals surface area (Å²) in [5.74, 6) is 0.457. The number of aliphatic hydroxyl groups is 1. The van der Waals surface area contributed by atoms with Gasteiger partial charge in [-0.1, -0.05) is 0 Å². The van der Waals surface area contributed by atoms with Crippen LogP contribution in [0.5, 0.6) is 0 Å². The Morgan fingerprint density at radius 1 is 1.47 bits per heavy atom. The standard InChI is InChI=1S/C12H19N5O2/c1-10(18)9-16-5-7-17(8-6-16)12(19)14-11-3-2-4-13-15-11/h2-4,10,18H,5-9H2,1H3,(H,14,15,19)/t10-/m0/s1. The summed E-state index contributed by atoms with van der Waals surface area (Å²) >= 11 is 0. The Hall–Kier alpha value is -1.73. The van der Waals surface area contributed by atoms with Crippen LogP contribution in [0.1, 0.15) is 6.92 Å². The second-order valence-electron chi connectivity index (χ2n) is 4.68. The molecule has 1 atom stereocenters.